The van der Waals surface area contributed by atoms with Crippen molar-refractivity contribution in [3.63, 3.8) is 0 Å². The number of nitrogens with two attached hydrogens (primary N) is 1. The van der Waals surface area contributed by atoms with Crippen LogP contribution in [0, 0.1) is 11.8 Å². The predicted octanol–water partition coefficient (Wildman–Crippen LogP) is 3.12. The molecule has 4 rings (SSSR count). The Labute approximate surface area is 195 Å². The van der Waals surface area contributed by atoms with E-state index in [2.05, 4.69) is 31.8 Å². The van der Waals surface area contributed by atoms with Gasteiger partial charge in [-0.05, 0) is 75.5 Å². The second kappa shape index (κ2) is 10.7. The minimum atomic E-state index is 0.109. The number of carbonyl (C=O) groups excluding carboxylic acids is 1. The zero-order chi connectivity index (χ0) is 23.2. The highest BCUT2D eigenvalue weighted by molar-refractivity contribution is 6.01. The molecule has 8 heteroatoms. The normalized spacial score (nSPS) is 19.9. The van der Waals surface area contributed by atoms with Crippen molar-refractivity contribution < 1.29 is 9.63 Å². The summed E-state index contributed by atoms with van der Waals surface area (Å²) in [6, 6.07) is 8.16. The Morgan fingerprint density at radius 3 is 2.48 bits per heavy atom. The number of hydrogen-bond acceptors (Lipinski definition) is 7. The van der Waals surface area contributed by atoms with Gasteiger partial charge < -0.3 is 15.5 Å². The number of anilines is 1. The molecule has 0 saturated carbocycles. The van der Waals surface area contributed by atoms with E-state index in [4.69, 9.17) is 10.6 Å². The monoisotopic (exact) mass is 450 g/mol. The molecule has 8 nitrogen and oxygen atoms in total. The molecule has 176 valence electrons. The molecule has 4 heterocycles. The van der Waals surface area contributed by atoms with Gasteiger partial charge in [0.15, 0.2) is 0 Å². The summed E-state index contributed by atoms with van der Waals surface area (Å²) >= 11 is 0. The highest BCUT2D eigenvalue weighted by Crippen LogP contribution is 2.30. The fourth-order valence-electron chi connectivity index (χ4n) is 5.08. The molecule has 2 aromatic heterocycles. The fourth-order valence-corrected chi connectivity index (χ4v) is 5.08. The largest absolute Gasteiger partial charge is 0.399 e. The molecule has 1 atom stereocenters. The third-order valence-electron chi connectivity index (χ3n) is 7.05. The van der Waals surface area contributed by atoms with Crippen molar-refractivity contribution in [3.05, 3.63) is 54.0 Å². The van der Waals surface area contributed by atoms with Crippen molar-refractivity contribution in [3.8, 4) is 0 Å². The molecule has 0 aliphatic carbocycles. The maximum absolute atomic E-state index is 13.2. The van der Waals surface area contributed by atoms with Gasteiger partial charge in [-0.25, -0.2) is 4.98 Å². The molecule has 2 aromatic rings. The summed E-state index contributed by atoms with van der Waals surface area (Å²) in [5, 5.41) is 4.29. The maximum Gasteiger partial charge on any atom is 0.225 e. The Morgan fingerprint density at radius 2 is 1.85 bits per heavy atom. The Hall–Kier alpha value is -3.00. The van der Waals surface area contributed by atoms with Crippen molar-refractivity contribution in [2.24, 2.45) is 17.0 Å². The van der Waals surface area contributed by atoms with E-state index in [1.807, 2.05) is 30.5 Å². The minimum Gasteiger partial charge on any atom is -0.399 e. The third kappa shape index (κ3) is 5.50. The van der Waals surface area contributed by atoms with Crippen LogP contribution in [0.2, 0.25) is 0 Å². The lowest BCUT2D eigenvalue weighted by Crippen LogP contribution is -2.46. The summed E-state index contributed by atoms with van der Waals surface area (Å²) in [4.78, 5) is 31.1. The number of carbonyl (C=O) groups is 1. The summed E-state index contributed by atoms with van der Waals surface area (Å²) in [5.74, 6) is 1.24. The number of likely N-dealkylation sites (tertiary alicyclic amines) is 2. The lowest BCUT2D eigenvalue weighted by atomic mass is 9.87. The fraction of sp³-hybridized carbons (Fsp3) is 0.520. The molecule has 2 saturated heterocycles. The van der Waals surface area contributed by atoms with Gasteiger partial charge in [0, 0.05) is 55.1 Å². The molecular weight excluding hydrogens is 416 g/mol. The van der Waals surface area contributed by atoms with Gasteiger partial charge in [-0.15, -0.1) is 0 Å². The van der Waals surface area contributed by atoms with Gasteiger partial charge in [0.05, 0.1) is 5.71 Å². The molecule has 1 amide bonds. The van der Waals surface area contributed by atoms with Crippen LogP contribution in [-0.2, 0) is 9.63 Å². The van der Waals surface area contributed by atoms with Crippen molar-refractivity contribution in [2.75, 3.05) is 39.0 Å². The van der Waals surface area contributed by atoms with Gasteiger partial charge >= 0.3 is 0 Å². The van der Waals surface area contributed by atoms with Gasteiger partial charge in [-0.3, -0.25) is 14.7 Å². The van der Waals surface area contributed by atoms with Crippen LogP contribution in [0.25, 0.3) is 0 Å². The first-order valence-electron chi connectivity index (χ1n) is 11.8. The molecule has 33 heavy (non-hydrogen) atoms. The highest BCUT2D eigenvalue weighted by atomic mass is 16.6. The SMILES string of the molecule is CO/N=C(\c1cccnc1)C1CCN(C(=O)C2CCN(C(C)c3ccnc(N)c3)CC2)CC1. The van der Waals surface area contributed by atoms with Crippen LogP contribution < -0.4 is 5.73 Å². The average Bonchev–Trinajstić information content (AvgIpc) is 2.87. The van der Waals surface area contributed by atoms with Gasteiger partial charge in [0.2, 0.25) is 5.91 Å². The van der Waals surface area contributed by atoms with Crippen LogP contribution in [0.3, 0.4) is 0 Å². The standard InChI is InChI=1S/C25H34N6O2/c1-18(21-5-11-28-23(26)16-21)30-12-8-20(9-13-30)25(32)31-14-6-19(7-15-31)24(29-33-2)22-4-3-10-27-17-22/h3-5,10-11,16-20H,6-9,12-15H2,1-2H3,(H2,26,28)/b29-24-. The van der Waals surface area contributed by atoms with Gasteiger partial charge in [-0.2, -0.15) is 0 Å². The predicted molar refractivity (Wildman–Crippen MR) is 128 cm³/mol. The Morgan fingerprint density at radius 1 is 1.12 bits per heavy atom. The Kier molecular flexibility index (Phi) is 7.54. The summed E-state index contributed by atoms with van der Waals surface area (Å²) in [6.45, 7) is 5.56. The number of hydrogen-bond donors (Lipinski definition) is 1. The first-order chi connectivity index (χ1) is 16.1. The first kappa shape index (κ1) is 23.2. The molecule has 2 aliphatic heterocycles. The second-order valence-corrected chi connectivity index (χ2v) is 9.00. The molecule has 0 aromatic carbocycles. The Balaban J connectivity index is 1.29. The van der Waals surface area contributed by atoms with Gasteiger partial charge in [0.25, 0.3) is 0 Å². The number of nitrogen functional groups attached to an aromatic ring is 1. The number of piperidine rings is 2. The van der Waals surface area contributed by atoms with E-state index in [-0.39, 0.29) is 17.9 Å². The van der Waals surface area contributed by atoms with Crippen LogP contribution >= 0.6 is 0 Å². The molecule has 0 radical (unpaired) electrons. The summed E-state index contributed by atoms with van der Waals surface area (Å²) in [6.07, 6.45) is 8.92. The average molecular weight is 451 g/mol. The number of aromatic nitrogens is 2. The number of nitrogens with zero attached hydrogens (tertiary/aromatic N) is 5. The molecular formula is C25H34N6O2. The Bertz CT molecular complexity index is 950. The summed E-state index contributed by atoms with van der Waals surface area (Å²) in [5.41, 5.74) is 8.94. The lowest BCUT2D eigenvalue weighted by molar-refractivity contribution is -0.138. The van der Waals surface area contributed by atoms with Gasteiger partial charge in [0.1, 0.15) is 12.9 Å². The minimum absolute atomic E-state index is 0.109. The topological polar surface area (TPSA) is 96.9 Å². The molecule has 1 unspecified atom stereocenters. The van der Waals surface area contributed by atoms with Crippen molar-refractivity contribution in [2.45, 2.75) is 38.6 Å². The van der Waals surface area contributed by atoms with Crippen LogP contribution in [0.5, 0.6) is 0 Å². The molecule has 0 bridgehead atoms. The van der Waals surface area contributed by atoms with Crippen molar-refractivity contribution in [1.29, 1.82) is 0 Å². The van der Waals surface area contributed by atoms with E-state index in [9.17, 15) is 4.79 Å². The number of amides is 1. The van der Waals surface area contributed by atoms with E-state index in [1.54, 1.807) is 19.5 Å². The molecule has 2 aliphatic rings. The molecule has 0 spiro atoms. The first-order valence-corrected chi connectivity index (χ1v) is 11.8. The van der Waals surface area contributed by atoms with Crippen molar-refractivity contribution in [1.82, 2.24) is 19.8 Å². The van der Waals surface area contributed by atoms with E-state index in [0.717, 1.165) is 63.1 Å². The van der Waals surface area contributed by atoms with Crippen molar-refractivity contribution >= 4 is 17.4 Å². The van der Waals surface area contributed by atoms with Crippen LogP contribution in [0.4, 0.5) is 5.82 Å². The van der Waals surface area contributed by atoms with E-state index in [1.165, 1.54) is 5.56 Å². The third-order valence-corrected chi connectivity index (χ3v) is 7.05. The van der Waals surface area contributed by atoms with Crippen LogP contribution in [0.15, 0.2) is 48.0 Å². The molecule has 2 N–H and O–H groups in total. The maximum atomic E-state index is 13.2. The smallest absolute Gasteiger partial charge is 0.225 e. The van der Waals surface area contributed by atoms with Gasteiger partial charge in [-0.1, -0.05) is 5.16 Å². The summed E-state index contributed by atoms with van der Waals surface area (Å²) in [7, 11) is 1.58. The van der Waals surface area contributed by atoms with Crippen LogP contribution in [-0.4, -0.2) is 64.7 Å². The molecule has 2 fully saturated rings. The second-order valence-electron chi connectivity index (χ2n) is 9.00. The quantitative estimate of drug-likeness (QED) is 0.537. The van der Waals surface area contributed by atoms with E-state index >= 15 is 0 Å². The number of oxime groups is 1. The lowest BCUT2D eigenvalue weighted by Gasteiger charge is -2.39. The zero-order valence-electron chi connectivity index (χ0n) is 19.6. The van der Waals surface area contributed by atoms with E-state index < -0.39 is 0 Å². The highest BCUT2D eigenvalue weighted by Gasteiger charge is 2.33. The number of rotatable bonds is 6. The van der Waals surface area contributed by atoms with Crippen LogP contribution in [0.1, 0.15) is 49.8 Å². The van der Waals surface area contributed by atoms with E-state index in [0.29, 0.717) is 11.7 Å². The summed E-state index contributed by atoms with van der Waals surface area (Å²) < 4.78 is 0. The zero-order valence-corrected chi connectivity index (χ0v) is 19.6. The number of pyridine rings is 2.